The number of nitrogens with zero attached hydrogens (tertiary/aromatic N) is 3. The van der Waals surface area contributed by atoms with Crippen LogP contribution in [0.5, 0.6) is 0 Å². The molecule has 2 rings (SSSR count). The summed E-state index contributed by atoms with van der Waals surface area (Å²) in [6.07, 6.45) is 3.19. The second-order valence-corrected chi connectivity index (χ2v) is 3.97. The van der Waals surface area contributed by atoms with E-state index >= 15 is 0 Å². The quantitative estimate of drug-likeness (QED) is 0.687. The maximum Gasteiger partial charge on any atom is 0.253 e. The fourth-order valence-corrected chi connectivity index (χ4v) is 1.59. The van der Waals surface area contributed by atoms with E-state index in [0.717, 1.165) is 0 Å². The Bertz CT molecular complexity index is 544. The van der Waals surface area contributed by atoms with Crippen molar-refractivity contribution in [2.45, 2.75) is 19.5 Å². The average Bonchev–Trinajstić information content (AvgIpc) is 2.85. The molecule has 0 aliphatic carbocycles. The van der Waals surface area contributed by atoms with E-state index in [1.54, 1.807) is 25.4 Å². The predicted molar refractivity (Wildman–Crippen MR) is 59.4 cm³/mol. The van der Waals surface area contributed by atoms with Crippen molar-refractivity contribution in [3.8, 4) is 0 Å². The van der Waals surface area contributed by atoms with Crippen molar-refractivity contribution < 1.29 is 17.6 Å². The number of hydrogen-bond donors (Lipinski definition) is 1. The lowest BCUT2D eigenvalue weighted by Crippen LogP contribution is -2.24. The summed E-state index contributed by atoms with van der Waals surface area (Å²) in [5.74, 6) is -6.47. The molecule has 0 aliphatic rings. The van der Waals surface area contributed by atoms with E-state index in [0.29, 0.717) is 0 Å². The Hall–Kier alpha value is -2.12. The van der Waals surface area contributed by atoms with Crippen molar-refractivity contribution in [1.82, 2.24) is 14.8 Å². The Morgan fingerprint density at radius 3 is 2.37 bits per heavy atom. The molecule has 0 aromatic carbocycles. The van der Waals surface area contributed by atoms with Crippen molar-refractivity contribution in [2.75, 3.05) is 5.32 Å². The van der Waals surface area contributed by atoms with Crippen LogP contribution in [0.3, 0.4) is 0 Å². The largest absolute Gasteiger partial charge is 0.376 e. The van der Waals surface area contributed by atoms with Gasteiger partial charge in [0.2, 0.25) is 11.6 Å². The Kier molecular flexibility index (Phi) is 3.68. The molecule has 0 spiro atoms. The smallest absolute Gasteiger partial charge is 0.253 e. The molecule has 0 saturated carbocycles. The van der Waals surface area contributed by atoms with Gasteiger partial charge >= 0.3 is 0 Å². The number of hydrogen-bond acceptors (Lipinski definition) is 3. The Labute approximate surface area is 106 Å². The lowest BCUT2D eigenvalue weighted by Gasteiger charge is -2.16. The molecule has 1 unspecified atom stereocenters. The van der Waals surface area contributed by atoms with Crippen molar-refractivity contribution in [1.29, 1.82) is 0 Å². The normalized spacial score (nSPS) is 12.5. The van der Waals surface area contributed by atoms with Gasteiger partial charge in [-0.25, -0.2) is 0 Å². The van der Waals surface area contributed by atoms with Gasteiger partial charge < -0.3 is 5.32 Å². The maximum atomic E-state index is 13.4. The Morgan fingerprint density at radius 1 is 1.21 bits per heavy atom. The predicted octanol–water partition coefficient (Wildman–Crippen LogP) is 2.34. The lowest BCUT2D eigenvalue weighted by molar-refractivity contribution is 0.408. The zero-order chi connectivity index (χ0) is 14.0. The fourth-order valence-electron chi connectivity index (χ4n) is 1.59. The molecule has 2 aromatic rings. The summed E-state index contributed by atoms with van der Waals surface area (Å²) in [5, 5.41) is 6.27. The lowest BCUT2D eigenvalue weighted by atomic mass is 10.3. The number of rotatable bonds is 4. The highest BCUT2D eigenvalue weighted by Crippen LogP contribution is 2.22. The second kappa shape index (κ2) is 5.25. The van der Waals surface area contributed by atoms with Gasteiger partial charge in [0.15, 0.2) is 0 Å². The molecule has 1 N–H and O–H groups in total. The second-order valence-electron chi connectivity index (χ2n) is 3.97. The van der Waals surface area contributed by atoms with Gasteiger partial charge in [-0.05, 0) is 13.0 Å². The maximum absolute atomic E-state index is 13.4. The van der Waals surface area contributed by atoms with Crippen molar-refractivity contribution in [3.05, 3.63) is 42.0 Å². The summed E-state index contributed by atoms with van der Waals surface area (Å²) in [7, 11) is 0. The number of halogens is 4. The van der Waals surface area contributed by atoms with Gasteiger partial charge in [-0.15, -0.1) is 0 Å². The molecule has 0 bridgehead atoms. The molecule has 102 valence electrons. The van der Waals surface area contributed by atoms with Gasteiger partial charge in [-0.3, -0.25) is 4.68 Å². The minimum absolute atomic E-state index is 0.275. The van der Waals surface area contributed by atoms with Gasteiger partial charge in [-0.2, -0.15) is 27.6 Å². The van der Waals surface area contributed by atoms with Crippen LogP contribution in [0.25, 0.3) is 0 Å². The van der Waals surface area contributed by atoms with Crippen LogP contribution in [-0.2, 0) is 6.54 Å². The molecule has 1 atom stereocenters. The summed E-state index contributed by atoms with van der Waals surface area (Å²) in [6.45, 7) is 1.87. The van der Waals surface area contributed by atoms with Gasteiger partial charge in [-0.1, -0.05) is 0 Å². The standard InChI is InChI=1S/C11H10F4N4/c1-6(5-19-4-2-3-16-19)17-9-7(12)10(14)18-11(15)8(9)13/h2-4,6H,5H2,1H3,(H,17,18). The van der Waals surface area contributed by atoms with Crippen LogP contribution in [0.4, 0.5) is 23.2 Å². The molecule has 8 heteroatoms. The van der Waals surface area contributed by atoms with Crippen molar-refractivity contribution in [3.63, 3.8) is 0 Å². The first-order valence-electron chi connectivity index (χ1n) is 5.43. The van der Waals surface area contributed by atoms with Crippen LogP contribution in [0.1, 0.15) is 6.92 Å². The number of anilines is 1. The van der Waals surface area contributed by atoms with Gasteiger partial charge in [0.25, 0.3) is 11.9 Å². The minimum Gasteiger partial charge on any atom is -0.376 e. The van der Waals surface area contributed by atoms with E-state index in [9.17, 15) is 17.6 Å². The topological polar surface area (TPSA) is 42.7 Å². The average molecular weight is 274 g/mol. The highest BCUT2D eigenvalue weighted by Gasteiger charge is 2.21. The van der Waals surface area contributed by atoms with Crippen molar-refractivity contribution in [2.24, 2.45) is 0 Å². The van der Waals surface area contributed by atoms with Gasteiger partial charge in [0, 0.05) is 18.4 Å². The Morgan fingerprint density at radius 2 is 1.84 bits per heavy atom. The Balaban J connectivity index is 2.19. The van der Waals surface area contributed by atoms with Crippen LogP contribution < -0.4 is 5.32 Å². The van der Waals surface area contributed by atoms with Crippen LogP contribution in [0.2, 0.25) is 0 Å². The monoisotopic (exact) mass is 274 g/mol. The van der Waals surface area contributed by atoms with E-state index in [-0.39, 0.29) is 6.54 Å². The third kappa shape index (κ3) is 2.83. The summed E-state index contributed by atoms with van der Waals surface area (Å²) >= 11 is 0. The molecule has 19 heavy (non-hydrogen) atoms. The summed E-state index contributed by atoms with van der Waals surface area (Å²) in [6, 6.07) is 1.18. The molecule has 0 saturated heterocycles. The fraction of sp³-hybridized carbons (Fsp3) is 0.273. The molecular formula is C11H10F4N4. The van der Waals surface area contributed by atoms with Crippen LogP contribution in [-0.4, -0.2) is 20.8 Å². The van der Waals surface area contributed by atoms with E-state index in [2.05, 4.69) is 15.4 Å². The van der Waals surface area contributed by atoms with E-state index in [4.69, 9.17) is 0 Å². The van der Waals surface area contributed by atoms with Crippen LogP contribution >= 0.6 is 0 Å². The van der Waals surface area contributed by atoms with Crippen molar-refractivity contribution >= 4 is 5.69 Å². The summed E-state index contributed by atoms with van der Waals surface area (Å²) in [4.78, 5) is 2.48. The first kappa shape index (κ1) is 13.3. The number of pyridine rings is 1. The molecule has 0 aliphatic heterocycles. The third-order valence-corrected chi connectivity index (χ3v) is 2.41. The van der Waals surface area contributed by atoms with E-state index < -0.39 is 35.3 Å². The van der Waals surface area contributed by atoms with Crippen LogP contribution in [0.15, 0.2) is 18.5 Å². The molecule has 0 fully saturated rings. The number of aromatic nitrogens is 3. The van der Waals surface area contributed by atoms with Gasteiger partial charge in [0.1, 0.15) is 5.69 Å². The zero-order valence-electron chi connectivity index (χ0n) is 9.87. The first-order chi connectivity index (χ1) is 8.99. The molecule has 2 heterocycles. The summed E-state index contributed by atoms with van der Waals surface area (Å²) in [5.41, 5.74) is -0.871. The third-order valence-electron chi connectivity index (χ3n) is 2.41. The summed E-state index contributed by atoms with van der Waals surface area (Å²) < 4.78 is 54.0. The van der Waals surface area contributed by atoms with Gasteiger partial charge in [0.05, 0.1) is 6.54 Å². The van der Waals surface area contributed by atoms with E-state index in [1.807, 2.05) is 0 Å². The number of nitrogens with one attached hydrogen (secondary N) is 1. The first-order valence-corrected chi connectivity index (χ1v) is 5.43. The zero-order valence-corrected chi connectivity index (χ0v) is 9.87. The molecule has 0 amide bonds. The molecule has 0 radical (unpaired) electrons. The molecule has 4 nitrogen and oxygen atoms in total. The SMILES string of the molecule is CC(Cn1cccn1)Nc1c(F)c(F)nc(F)c1F. The molecule has 2 aromatic heterocycles. The highest BCUT2D eigenvalue weighted by molar-refractivity contribution is 5.46. The minimum atomic E-state index is -1.69. The highest BCUT2D eigenvalue weighted by atomic mass is 19.2. The van der Waals surface area contributed by atoms with E-state index in [1.165, 1.54) is 4.68 Å². The molecular weight excluding hydrogens is 264 g/mol. The van der Waals surface area contributed by atoms with Crippen LogP contribution in [0, 0.1) is 23.5 Å².